The van der Waals surface area contributed by atoms with Crippen molar-refractivity contribution in [1.29, 1.82) is 0 Å². The molecule has 0 aliphatic carbocycles. The van der Waals surface area contributed by atoms with Gasteiger partial charge in [-0.05, 0) is 47.1 Å². The third-order valence-electron chi connectivity index (χ3n) is 3.84. The van der Waals surface area contributed by atoms with Gasteiger partial charge in [0.1, 0.15) is 6.04 Å². The number of hydrogen-bond acceptors (Lipinski definition) is 3. The molecule has 150 valence electrons. The number of hydrogen-bond donors (Lipinski definition) is 2. The highest BCUT2D eigenvalue weighted by Gasteiger charge is 2.40. The number of alkyl halides is 3. The largest absolute Gasteiger partial charge is 0.480 e. The van der Waals surface area contributed by atoms with Gasteiger partial charge in [-0.2, -0.15) is 24.9 Å². The predicted molar refractivity (Wildman–Crippen MR) is 101 cm³/mol. The molecule has 0 radical (unpaired) electrons. The Kier molecular flexibility index (Phi) is 9.90. The predicted octanol–water partition coefficient (Wildman–Crippen LogP) is 5.32. The molecule has 0 saturated heterocycles. The van der Waals surface area contributed by atoms with E-state index in [2.05, 4.69) is 0 Å². The molecule has 1 aromatic carbocycles. The molecule has 0 bridgehead atoms. The van der Waals surface area contributed by atoms with Gasteiger partial charge in [-0.1, -0.05) is 35.9 Å². The Balaban J connectivity index is 2.74. The van der Waals surface area contributed by atoms with E-state index >= 15 is 0 Å². The molecule has 3 nitrogen and oxygen atoms in total. The van der Waals surface area contributed by atoms with E-state index in [1.807, 2.05) is 0 Å². The SMILES string of the molecule is NC(CCSCCC(c1ccc(C(=C\Cl)/C=C/F)cc1)C(F)(F)F)C(=O)O. The second kappa shape index (κ2) is 11.4. The zero-order chi connectivity index (χ0) is 20.4. The summed E-state index contributed by atoms with van der Waals surface area (Å²) >= 11 is 6.82. The first-order chi connectivity index (χ1) is 12.7. The van der Waals surface area contributed by atoms with E-state index in [-0.39, 0.29) is 24.2 Å². The minimum absolute atomic E-state index is 0.104. The summed E-state index contributed by atoms with van der Waals surface area (Å²) in [4.78, 5) is 10.6. The maximum absolute atomic E-state index is 13.4. The molecule has 0 amide bonds. The van der Waals surface area contributed by atoms with E-state index in [1.54, 1.807) is 0 Å². The Hall–Kier alpha value is -1.51. The van der Waals surface area contributed by atoms with Crippen molar-refractivity contribution in [2.24, 2.45) is 5.73 Å². The van der Waals surface area contributed by atoms with Crippen molar-refractivity contribution in [3.05, 3.63) is 53.3 Å². The number of rotatable bonds is 10. The number of nitrogens with two attached hydrogens (primary N) is 1. The van der Waals surface area contributed by atoms with Gasteiger partial charge in [0.15, 0.2) is 0 Å². The lowest BCUT2D eigenvalue weighted by Crippen LogP contribution is -2.30. The lowest BCUT2D eigenvalue weighted by atomic mass is 9.94. The van der Waals surface area contributed by atoms with Crippen LogP contribution in [0.2, 0.25) is 0 Å². The number of carbonyl (C=O) groups is 1. The van der Waals surface area contributed by atoms with E-state index in [0.29, 0.717) is 23.2 Å². The minimum atomic E-state index is -4.41. The molecular weight excluding hydrogens is 406 g/mol. The fourth-order valence-corrected chi connectivity index (χ4v) is 3.55. The molecule has 0 aromatic heterocycles. The van der Waals surface area contributed by atoms with Crippen LogP contribution >= 0.6 is 23.4 Å². The smallest absolute Gasteiger partial charge is 0.395 e. The molecule has 1 rings (SSSR count). The van der Waals surface area contributed by atoms with Crippen LogP contribution in [0.1, 0.15) is 29.9 Å². The molecule has 1 aromatic rings. The molecule has 9 heteroatoms. The van der Waals surface area contributed by atoms with Gasteiger partial charge in [-0.3, -0.25) is 4.79 Å². The fraction of sp³-hybridized carbons (Fsp3) is 0.389. The van der Waals surface area contributed by atoms with Crippen LogP contribution in [-0.2, 0) is 4.79 Å². The highest BCUT2D eigenvalue weighted by Crippen LogP contribution is 2.38. The van der Waals surface area contributed by atoms with E-state index in [1.165, 1.54) is 36.0 Å². The summed E-state index contributed by atoms with van der Waals surface area (Å²) in [6.45, 7) is 0. The van der Waals surface area contributed by atoms with Crippen molar-refractivity contribution < 1.29 is 27.5 Å². The van der Waals surface area contributed by atoms with Gasteiger partial charge in [-0.15, -0.1) is 0 Å². The normalized spacial score (nSPS) is 15.1. The van der Waals surface area contributed by atoms with Crippen LogP contribution in [0.15, 0.2) is 42.2 Å². The van der Waals surface area contributed by atoms with Crippen molar-refractivity contribution in [3.8, 4) is 0 Å². The van der Waals surface area contributed by atoms with E-state index in [4.69, 9.17) is 22.4 Å². The van der Waals surface area contributed by atoms with E-state index in [9.17, 15) is 22.4 Å². The van der Waals surface area contributed by atoms with Gasteiger partial charge < -0.3 is 10.8 Å². The molecule has 2 unspecified atom stereocenters. The van der Waals surface area contributed by atoms with Crippen LogP contribution in [0, 0.1) is 0 Å². The molecule has 0 fully saturated rings. The average molecular weight is 426 g/mol. The van der Waals surface area contributed by atoms with Gasteiger partial charge in [0.05, 0.1) is 12.2 Å². The van der Waals surface area contributed by atoms with E-state index < -0.39 is 24.1 Å². The summed E-state index contributed by atoms with van der Waals surface area (Å²) in [5, 5.41) is 8.67. The molecular formula is C18H20ClF4NO2S. The Morgan fingerprint density at radius 3 is 2.30 bits per heavy atom. The first-order valence-corrected chi connectivity index (χ1v) is 9.60. The summed E-state index contributed by atoms with van der Waals surface area (Å²) in [6, 6.07) is 4.62. The van der Waals surface area contributed by atoms with Gasteiger partial charge in [0.2, 0.25) is 0 Å². The number of halogens is 5. The van der Waals surface area contributed by atoms with Gasteiger partial charge in [0.25, 0.3) is 0 Å². The summed E-state index contributed by atoms with van der Waals surface area (Å²) in [5.74, 6) is -2.18. The Labute approximate surface area is 164 Å². The molecule has 0 aliphatic heterocycles. The standard InChI is InChI=1S/C18H20ClF4NO2S/c19-11-14(5-8-20)12-1-3-13(4-2-12)15(18(21,22)23)6-9-27-10-7-16(24)17(25)26/h1-5,8,11,15-16H,6-7,9-10,24H2,(H,25,26)/b8-5+,14-11-. The molecule has 0 aliphatic rings. The van der Waals surface area contributed by atoms with Crippen LogP contribution in [0.25, 0.3) is 5.57 Å². The molecule has 27 heavy (non-hydrogen) atoms. The summed E-state index contributed by atoms with van der Waals surface area (Å²) in [7, 11) is 0. The van der Waals surface area contributed by atoms with E-state index in [0.717, 1.165) is 11.6 Å². The third kappa shape index (κ3) is 7.94. The maximum atomic E-state index is 13.4. The molecule has 0 spiro atoms. The minimum Gasteiger partial charge on any atom is -0.480 e. The topological polar surface area (TPSA) is 63.3 Å². The van der Waals surface area contributed by atoms with Gasteiger partial charge in [0, 0.05) is 5.54 Å². The first kappa shape index (κ1) is 23.5. The van der Waals surface area contributed by atoms with Crippen molar-refractivity contribution in [3.63, 3.8) is 0 Å². The van der Waals surface area contributed by atoms with Crippen LogP contribution in [-0.4, -0.2) is 34.8 Å². The fourth-order valence-electron chi connectivity index (χ4n) is 2.33. The number of carboxylic acids is 1. The van der Waals surface area contributed by atoms with Gasteiger partial charge in [-0.25, -0.2) is 4.39 Å². The highest BCUT2D eigenvalue weighted by molar-refractivity contribution is 7.99. The molecule has 0 saturated carbocycles. The molecule has 3 N–H and O–H groups in total. The monoisotopic (exact) mass is 425 g/mol. The lowest BCUT2D eigenvalue weighted by Gasteiger charge is -2.21. The summed E-state index contributed by atoms with van der Waals surface area (Å²) in [5.41, 5.74) is 7.45. The maximum Gasteiger partial charge on any atom is 0.395 e. The Morgan fingerprint density at radius 1 is 1.22 bits per heavy atom. The number of thioether (sulfide) groups is 1. The number of carboxylic acid groups (broad SMARTS) is 1. The van der Waals surface area contributed by atoms with Crippen LogP contribution in [0.4, 0.5) is 17.6 Å². The Morgan fingerprint density at radius 2 is 1.81 bits per heavy atom. The third-order valence-corrected chi connectivity index (χ3v) is 5.13. The zero-order valence-corrected chi connectivity index (χ0v) is 15.8. The van der Waals surface area contributed by atoms with Crippen molar-refractivity contribution in [2.75, 3.05) is 11.5 Å². The Bertz CT molecular complexity index is 662. The molecule has 2 atom stereocenters. The van der Waals surface area contributed by atoms with Crippen molar-refractivity contribution in [2.45, 2.75) is 31.0 Å². The van der Waals surface area contributed by atoms with Crippen LogP contribution in [0.3, 0.4) is 0 Å². The molecule has 0 heterocycles. The van der Waals surface area contributed by atoms with Gasteiger partial charge >= 0.3 is 12.1 Å². The lowest BCUT2D eigenvalue weighted by molar-refractivity contribution is -0.150. The summed E-state index contributed by atoms with van der Waals surface area (Å²) in [6.07, 6.45) is -2.95. The quantitative estimate of drug-likeness (QED) is 0.302. The van der Waals surface area contributed by atoms with Crippen molar-refractivity contribution >= 4 is 34.9 Å². The second-order valence-corrected chi connectivity index (χ2v) is 7.15. The number of benzene rings is 1. The number of allylic oxidation sites excluding steroid dienone is 2. The summed E-state index contributed by atoms with van der Waals surface area (Å²) < 4.78 is 52.5. The first-order valence-electron chi connectivity index (χ1n) is 8.01. The number of aliphatic carboxylic acids is 1. The van der Waals surface area contributed by atoms with Crippen LogP contribution < -0.4 is 5.73 Å². The zero-order valence-electron chi connectivity index (χ0n) is 14.3. The average Bonchev–Trinajstić information content (AvgIpc) is 2.61. The highest BCUT2D eigenvalue weighted by atomic mass is 35.5. The van der Waals surface area contributed by atoms with Crippen LogP contribution in [0.5, 0.6) is 0 Å². The van der Waals surface area contributed by atoms with Crippen molar-refractivity contribution in [1.82, 2.24) is 0 Å². The second-order valence-electron chi connectivity index (χ2n) is 5.71.